The second-order valence-electron chi connectivity index (χ2n) is 6.79. The Morgan fingerprint density at radius 2 is 2.14 bits per heavy atom. The second-order valence-corrected chi connectivity index (χ2v) is 7.82. The van der Waals surface area contributed by atoms with Crippen molar-refractivity contribution in [3.63, 3.8) is 0 Å². The Hall–Kier alpha value is -3.04. The molecule has 0 bridgehead atoms. The summed E-state index contributed by atoms with van der Waals surface area (Å²) in [7, 11) is 0. The first-order chi connectivity index (χ1) is 13.6. The maximum Gasteiger partial charge on any atom is 0.322 e. The van der Waals surface area contributed by atoms with Gasteiger partial charge in [0.15, 0.2) is 10.8 Å². The Morgan fingerprint density at radius 1 is 1.29 bits per heavy atom. The highest BCUT2D eigenvalue weighted by atomic mass is 32.1. The summed E-state index contributed by atoms with van der Waals surface area (Å²) in [5.41, 5.74) is 0.942. The number of aromatic nitrogens is 4. The Balaban J connectivity index is 1.40. The first kappa shape index (κ1) is 17.1. The molecule has 9 heteroatoms. The lowest BCUT2D eigenvalue weighted by atomic mass is 10.2. The number of benzene rings is 1. The van der Waals surface area contributed by atoms with Crippen molar-refractivity contribution in [2.75, 3.05) is 0 Å². The number of hydrogen-bond donors (Lipinski definition) is 1. The lowest BCUT2D eigenvalue weighted by Crippen LogP contribution is -2.47. The van der Waals surface area contributed by atoms with Gasteiger partial charge in [-0.15, -0.1) is 21.5 Å². The fraction of sp³-hybridized carbons (Fsp3) is 0.263. The number of hydrogen-bond acceptors (Lipinski definition) is 7. The topological polar surface area (TPSA) is 97.3 Å². The molecule has 0 aliphatic carbocycles. The predicted octanol–water partition coefficient (Wildman–Crippen LogP) is 2.93. The van der Waals surface area contributed by atoms with Gasteiger partial charge in [0.1, 0.15) is 23.5 Å². The number of carboxylic acids is 1. The maximum absolute atomic E-state index is 11.8. The molecular weight excluding hydrogens is 378 g/mol. The first-order valence-electron chi connectivity index (χ1n) is 8.88. The normalized spacial score (nSPS) is 17.1. The Morgan fingerprint density at radius 3 is 2.96 bits per heavy atom. The molecule has 1 unspecified atom stereocenters. The molecule has 0 fully saturated rings. The quantitative estimate of drug-likeness (QED) is 0.567. The largest absolute Gasteiger partial charge is 0.480 e. The van der Waals surface area contributed by atoms with Gasteiger partial charge in [0.2, 0.25) is 0 Å². The van der Waals surface area contributed by atoms with E-state index in [1.165, 1.54) is 0 Å². The molecule has 4 aromatic rings. The molecule has 1 aliphatic rings. The van der Waals surface area contributed by atoms with Crippen LogP contribution in [0.2, 0.25) is 0 Å². The van der Waals surface area contributed by atoms with E-state index < -0.39 is 12.0 Å². The van der Waals surface area contributed by atoms with E-state index in [0.717, 1.165) is 26.9 Å². The van der Waals surface area contributed by atoms with Crippen LogP contribution in [0.15, 0.2) is 40.8 Å². The van der Waals surface area contributed by atoms with E-state index in [4.69, 9.17) is 4.42 Å². The number of para-hydroxylation sites is 1. The zero-order valence-electron chi connectivity index (χ0n) is 15.1. The van der Waals surface area contributed by atoms with Crippen LogP contribution in [0.25, 0.3) is 21.0 Å². The zero-order chi connectivity index (χ0) is 19.3. The van der Waals surface area contributed by atoms with Crippen LogP contribution in [0, 0.1) is 6.92 Å². The average molecular weight is 395 g/mol. The number of fused-ring (bicyclic) bond motifs is 2. The van der Waals surface area contributed by atoms with Gasteiger partial charge < -0.3 is 14.1 Å². The molecule has 1 aromatic carbocycles. The summed E-state index contributed by atoms with van der Waals surface area (Å²) >= 11 is 1.57. The minimum Gasteiger partial charge on any atom is -0.480 e. The van der Waals surface area contributed by atoms with E-state index >= 15 is 0 Å². The van der Waals surface area contributed by atoms with E-state index in [1.807, 2.05) is 52.8 Å². The summed E-state index contributed by atoms with van der Waals surface area (Å²) in [5.74, 6) is 2.03. The fourth-order valence-corrected chi connectivity index (χ4v) is 4.44. The average Bonchev–Trinajstić information content (AvgIpc) is 3.39. The van der Waals surface area contributed by atoms with Gasteiger partial charge in [-0.05, 0) is 31.2 Å². The van der Waals surface area contributed by atoms with Gasteiger partial charge in [-0.25, -0.2) is 4.98 Å². The molecule has 0 saturated heterocycles. The van der Waals surface area contributed by atoms with Gasteiger partial charge >= 0.3 is 5.97 Å². The molecule has 28 heavy (non-hydrogen) atoms. The lowest BCUT2D eigenvalue weighted by Gasteiger charge is -2.32. The molecule has 1 aliphatic heterocycles. The summed E-state index contributed by atoms with van der Waals surface area (Å²) < 4.78 is 8.96. The van der Waals surface area contributed by atoms with Crippen molar-refractivity contribution < 1.29 is 14.3 Å². The maximum atomic E-state index is 11.8. The van der Waals surface area contributed by atoms with Crippen LogP contribution >= 0.6 is 11.3 Å². The molecule has 8 nitrogen and oxygen atoms in total. The van der Waals surface area contributed by atoms with Gasteiger partial charge in [-0.1, -0.05) is 12.1 Å². The van der Waals surface area contributed by atoms with Gasteiger partial charge in [0.25, 0.3) is 0 Å². The third-order valence-corrected chi connectivity index (χ3v) is 6.01. The monoisotopic (exact) mass is 395 g/mol. The Kier molecular flexibility index (Phi) is 3.99. The Labute approximate surface area is 164 Å². The van der Waals surface area contributed by atoms with Crippen molar-refractivity contribution in [3.8, 4) is 10.8 Å². The molecule has 0 spiro atoms. The fourth-order valence-electron chi connectivity index (χ4n) is 3.52. The van der Waals surface area contributed by atoms with E-state index in [0.29, 0.717) is 31.2 Å². The summed E-state index contributed by atoms with van der Waals surface area (Å²) in [6, 6.07) is 11.1. The summed E-state index contributed by atoms with van der Waals surface area (Å²) in [5, 5.41) is 18.7. The number of nitrogens with zero attached hydrogens (tertiary/aromatic N) is 5. The molecule has 0 amide bonds. The number of furan rings is 1. The molecule has 5 rings (SSSR count). The number of rotatable bonds is 4. The van der Waals surface area contributed by atoms with Crippen molar-refractivity contribution in [2.45, 2.75) is 32.6 Å². The first-order valence-corrected chi connectivity index (χ1v) is 9.70. The third-order valence-electron chi connectivity index (χ3n) is 4.96. The van der Waals surface area contributed by atoms with E-state index in [1.54, 1.807) is 11.3 Å². The van der Waals surface area contributed by atoms with Crippen molar-refractivity contribution in [1.29, 1.82) is 0 Å². The van der Waals surface area contributed by atoms with Crippen molar-refractivity contribution in [1.82, 2.24) is 24.6 Å². The van der Waals surface area contributed by atoms with Crippen molar-refractivity contribution in [2.24, 2.45) is 0 Å². The minimum absolute atomic E-state index is 0.328. The van der Waals surface area contributed by atoms with Crippen molar-refractivity contribution >= 4 is 27.5 Å². The van der Waals surface area contributed by atoms with Crippen LogP contribution in [-0.4, -0.2) is 41.8 Å². The van der Waals surface area contributed by atoms with E-state index in [9.17, 15) is 9.90 Å². The number of carboxylic acid groups (broad SMARTS) is 1. The molecule has 1 atom stereocenters. The standard InChI is InChI=1S/C19H17N5O3S/c1-11-21-22-17-10-23(14(19(25)26)9-24(11)17)8-12-6-7-15(27-12)18-20-13-4-2-3-5-16(13)28-18/h2-7,14H,8-10H2,1H3,(H,25,26). The van der Waals surface area contributed by atoms with Gasteiger partial charge in [0.05, 0.1) is 29.9 Å². The second kappa shape index (κ2) is 6.54. The molecule has 142 valence electrons. The third kappa shape index (κ3) is 2.88. The van der Waals surface area contributed by atoms with Gasteiger partial charge in [-0.2, -0.15) is 0 Å². The van der Waals surface area contributed by atoms with Crippen LogP contribution in [0.1, 0.15) is 17.4 Å². The van der Waals surface area contributed by atoms with Crippen LogP contribution in [-0.2, 0) is 24.4 Å². The predicted molar refractivity (Wildman–Crippen MR) is 103 cm³/mol. The minimum atomic E-state index is -0.864. The lowest BCUT2D eigenvalue weighted by molar-refractivity contribution is -0.145. The molecule has 1 N–H and O–H groups in total. The highest BCUT2D eigenvalue weighted by Gasteiger charge is 2.34. The summed E-state index contributed by atoms with van der Waals surface area (Å²) in [6.07, 6.45) is 0. The Bertz CT molecular complexity index is 1140. The summed E-state index contributed by atoms with van der Waals surface area (Å²) in [4.78, 5) is 18.3. The van der Waals surface area contributed by atoms with E-state index in [2.05, 4.69) is 15.2 Å². The number of aliphatic carboxylic acids is 1. The summed E-state index contributed by atoms with van der Waals surface area (Å²) in [6.45, 7) is 2.96. The van der Waals surface area contributed by atoms with Crippen LogP contribution in [0.4, 0.5) is 0 Å². The molecular formula is C19H17N5O3S. The van der Waals surface area contributed by atoms with Crippen LogP contribution < -0.4 is 0 Å². The van der Waals surface area contributed by atoms with Gasteiger partial charge in [0, 0.05) is 0 Å². The van der Waals surface area contributed by atoms with E-state index in [-0.39, 0.29) is 0 Å². The number of carbonyl (C=O) groups is 1. The number of thiazole rings is 1. The van der Waals surface area contributed by atoms with Crippen LogP contribution in [0.5, 0.6) is 0 Å². The van der Waals surface area contributed by atoms with Crippen molar-refractivity contribution in [3.05, 3.63) is 53.8 Å². The highest BCUT2D eigenvalue weighted by Crippen LogP contribution is 2.32. The molecule has 0 radical (unpaired) electrons. The molecule has 0 saturated carbocycles. The smallest absolute Gasteiger partial charge is 0.322 e. The molecule has 4 heterocycles. The highest BCUT2D eigenvalue weighted by molar-refractivity contribution is 7.21. The number of aryl methyl sites for hydroxylation is 1. The van der Waals surface area contributed by atoms with Gasteiger partial charge in [-0.3, -0.25) is 9.69 Å². The zero-order valence-corrected chi connectivity index (χ0v) is 15.9. The molecule has 3 aromatic heterocycles. The SMILES string of the molecule is Cc1nnc2n1CC(C(=O)O)N(Cc1ccc(-c3nc4ccccc4s3)o1)C2. The van der Waals surface area contributed by atoms with Crippen LogP contribution in [0.3, 0.4) is 0 Å².